The Morgan fingerprint density at radius 1 is 1.35 bits per heavy atom. The van der Waals surface area contributed by atoms with Crippen LogP contribution in [0.5, 0.6) is 0 Å². The average Bonchev–Trinajstić information content (AvgIpc) is 2.85. The number of halogens is 1. The zero-order chi connectivity index (χ0) is 12.0. The molecule has 0 unspecified atom stereocenters. The van der Waals surface area contributed by atoms with Gasteiger partial charge in [-0.25, -0.2) is 4.98 Å². The number of oxazole rings is 1. The third-order valence-electron chi connectivity index (χ3n) is 2.56. The summed E-state index contributed by atoms with van der Waals surface area (Å²) in [6.45, 7) is 1.93. The number of hydrogen-bond donors (Lipinski definition) is 1. The van der Waals surface area contributed by atoms with Gasteiger partial charge in [-0.1, -0.05) is 11.6 Å². The summed E-state index contributed by atoms with van der Waals surface area (Å²) >= 11 is 5.92. The highest BCUT2D eigenvalue weighted by Crippen LogP contribution is 2.31. The predicted octanol–water partition coefficient (Wildman–Crippen LogP) is 3.63. The Kier molecular flexibility index (Phi) is 2.12. The van der Waals surface area contributed by atoms with Crippen LogP contribution in [0.25, 0.3) is 22.8 Å². The molecule has 2 heterocycles. The summed E-state index contributed by atoms with van der Waals surface area (Å²) < 4.78 is 10.9. The molecule has 0 saturated heterocycles. The van der Waals surface area contributed by atoms with E-state index in [1.165, 1.54) is 0 Å². The van der Waals surface area contributed by atoms with E-state index in [0.717, 1.165) is 5.56 Å². The van der Waals surface area contributed by atoms with Crippen molar-refractivity contribution in [1.82, 2.24) is 4.98 Å². The van der Waals surface area contributed by atoms with Crippen LogP contribution in [0.1, 0.15) is 5.56 Å². The van der Waals surface area contributed by atoms with Crippen LogP contribution in [-0.4, -0.2) is 4.98 Å². The summed E-state index contributed by atoms with van der Waals surface area (Å²) in [5.74, 6) is 1.06. The lowest BCUT2D eigenvalue weighted by molar-refractivity contribution is 0.533. The van der Waals surface area contributed by atoms with Gasteiger partial charge in [0.1, 0.15) is 5.52 Å². The van der Waals surface area contributed by atoms with Gasteiger partial charge in [-0.15, -0.1) is 0 Å². The quantitative estimate of drug-likeness (QED) is 0.668. The molecule has 0 aliphatic rings. The highest BCUT2D eigenvalue weighted by Gasteiger charge is 2.14. The van der Waals surface area contributed by atoms with Crippen molar-refractivity contribution >= 4 is 28.4 Å². The fraction of sp³-hybridized carbons (Fsp3) is 0.0833. The number of aromatic nitrogens is 1. The molecule has 3 aromatic rings. The second kappa shape index (κ2) is 3.53. The Morgan fingerprint density at radius 3 is 2.88 bits per heavy atom. The van der Waals surface area contributed by atoms with Crippen LogP contribution in [0.3, 0.4) is 0 Å². The number of nitrogen functional groups attached to an aromatic ring is 1. The zero-order valence-electron chi connectivity index (χ0n) is 9.03. The third kappa shape index (κ3) is 1.57. The van der Waals surface area contributed by atoms with Crippen molar-refractivity contribution in [2.45, 2.75) is 6.92 Å². The molecular formula is C12H9ClN2O2. The Morgan fingerprint density at radius 2 is 2.18 bits per heavy atom. The number of anilines is 1. The lowest BCUT2D eigenvalue weighted by Crippen LogP contribution is -1.84. The van der Waals surface area contributed by atoms with Crippen molar-refractivity contribution in [3.8, 4) is 11.7 Å². The first-order chi connectivity index (χ1) is 8.15. The summed E-state index contributed by atoms with van der Waals surface area (Å²) in [7, 11) is 0. The molecule has 0 bridgehead atoms. The van der Waals surface area contributed by atoms with Crippen molar-refractivity contribution in [3.63, 3.8) is 0 Å². The summed E-state index contributed by atoms with van der Waals surface area (Å²) in [5, 5.41) is 0.466. The van der Waals surface area contributed by atoms with Crippen LogP contribution in [-0.2, 0) is 0 Å². The predicted molar refractivity (Wildman–Crippen MR) is 65.9 cm³/mol. The van der Waals surface area contributed by atoms with Gasteiger partial charge in [0, 0.05) is 11.6 Å². The van der Waals surface area contributed by atoms with Crippen LogP contribution in [0.2, 0.25) is 5.02 Å². The van der Waals surface area contributed by atoms with Gasteiger partial charge < -0.3 is 14.6 Å². The van der Waals surface area contributed by atoms with Crippen molar-refractivity contribution in [3.05, 3.63) is 35.0 Å². The number of aryl methyl sites for hydroxylation is 1. The van der Waals surface area contributed by atoms with E-state index in [2.05, 4.69) is 4.98 Å². The topological polar surface area (TPSA) is 65.2 Å². The van der Waals surface area contributed by atoms with Gasteiger partial charge in [0.2, 0.25) is 0 Å². The molecular weight excluding hydrogens is 240 g/mol. The van der Waals surface area contributed by atoms with Gasteiger partial charge >= 0.3 is 0 Å². The van der Waals surface area contributed by atoms with Crippen LogP contribution < -0.4 is 5.73 Å². The highest BCUT2D eigenvalue weighted by atomic mass is 35.5. The normalized spacial score (nSPS) is 11.2. The van der Waals surface area contributed by atoms with E-state index in [1.807, 2.05) is 13.0 Å². The van der Waals surface area contributed by atoms with Crippen molar-refractivity contribution in [2.24, 2.45) is 0 Å². The molecule has 0 atom stereocenters. The van der Waals surface area contributed by atoms with E-state index in [0.29, 0.717) is 33.5 Å². The number of fused-ring (bicyclic) bond motifs is 1. The molecule has 4 nitrogen and oxygen atoms in total. The summed E-state index contributed by atoms with van der Waals surface area (Å²) in [6, 6.07) is 5.19. The monoisotopic (exact) mass is 248 g/mol. The standard InChI is InChI=1S/C12H9ClN2O2/c1-6-2-3-16-11(6)12-15-9-4-7(13)8(14)5-10(9)17-12/h2-5H,14H2,1H3. The van der Waals surface area contributed by atoms with Crippen molar-refractivity contribution in [1.29, 1.82) is 0 Å². The summed E-state index contributed by atoms with van der Waals surface area (Å²) in [4.78, 5) is 4.32. The van der Waals surface area contributed by atoms with Crippen molar-refractivity contribution in [2.75, 3.05) is 5.73 Å². The van der Waals surface area contributed by atoms with E-state index in [9.17, 15) is 0 Å². The maximum Gasteiger partial charge on any atom is 0.264 e. The average molecular weight is 249 g/mol. The number of hydrogen-bond acceptors (Lipinski definition) is 4. The molecule has 2 aromatic heterocycles. The minimum Gasteiger partial charge on any atom is -0.459 e. The van der Waals surface area contributed by atoms with Gasteiger partial charge in [0.05, 0.1) is 17.0 Å². The Hall–Kier alpha value is -1.94. The van der Waals surface area contributed by atoms with Gasteiger partial charge in [0.15, 0.2) is 11.3 Å². The SMILES string of the molecule is Cc1ccoc1-c1nc2cc(Cl)c(N)cc2o1. The molecule has 5 heteroatoms. The Labute approximate surface area is 102 Å². The zero-order valence-corrected chi connectivity index (χ0v) is 9.78. The minimum absolute atomic E-state index is 0.434. The van der Waals surface area contributed by atoms with Gasteiger partial charge in [-0.3, -0.25) is 0 Å². The van der Waals surface area contributed by atoms with E-state index in [1.54, 1.807) is 18.4 Å². The first kappa shape index (κ1) is 10.2. The second-order valence-corrected chi connectivity index (χ2v) is 4.20. The fourth-order valence-electron chi connectivity index (χ4n) is 1.65. The number of furan rings is 1. The number of nitrogens with two attached hydrogens (primary N) is 1. The van der Waals surface area contributed by atoms with Gasteiger partial charge in [-0.05, 0) is 19.1 Å². The number of rotatable bonds is 1. The van der Waals surface area contributed by atoms with Crippen molar-refractivity contribution < 1.29 is 8.83 Å². The molecule has 0 fully saturated rings. The van der Waals surface area contributed by atoms with E-state index >= 15 is 0 Å². The molecule has 2 N–H and O–H groups in total. The molecule has 0 aliphatic carbocycles. The molecule has 0 saturated carbocycles. The van der Waals surface area contributed by atoms with E-state index in [4.69, 9.17) is 26.2 Å². The fourth-order valence-corrected chi connectivity index (χ4v) is 1.81. The third-order valence-corrected chi connectivity index (χ3v) is 2.89. The maximum atomic E-state index is 5.92. The van der Waals surface area contributed by atoms with Crippen LogP contribution in [0.15, 0.2) is 33.3 Å². The van der Waals surface area contributed by atoms with Gasteiger partial charge in [0.25, 0.3) is 5.89 Å². The highest BCUT2D eigenvalue weighted by molar-refractivity contribution is 6.33. The minimum atomic E-state index is 0.434. The van der Waals surface area contributed by atoms with Gasteiger partial charge in [-0.2, -0.15) is 0 Å². The maximum absolute atomic E-state index is 5.92. The first-order valence-electron chi connectivity index (χ1n) is 5.05. The molecule has 0 spiro atoms. The second-order valence-electron chi connectivity index (χ2n) is 3.79. The lowest BCUT2D eigenvalue weighted by atomic mass is 10.3. The molecule has 17 heavy (non-hydrogen) atoms. The summed E-state index contributed by atoms with van der Waals surface area (Å²) in [5.41, 5.74) is 8.40. The molecule has 0 radical (unpaired) electrons. The molecule has 0 amide bonds. The van der Waals surface area contributed by atoms with Crippen LogP contribution in [0.4, 0.5) is 5.69 Å². The van der Waals surface area contributed by atoms with E-state index in [-0.39, 0.29) is 0 Å². The Bertz CT molecular complexity index is 661. The molecule has 0 aliphatic heterocycles. The van der Waals surface area contributed by atoms with E-state index < -0.39 is 0 Å². The molecule has 86 valence electrons. The Balaban J connectivity index is 2.24. The lowest BCUT2D eigenvalue weighted by Gasteiger charge is -1.94. The largest absolute Gasteiger partial charge is 0.459 e. The number of nitrogens with zero attached hydrogens (tertiary/aromatic N) is 1. The molecule has 1 aromatic carbocycles. The first-order valence-corrected chi connectivity index (χ1v) is 5.43. The molecule has 3 rings (SSSR count). The smallest absolute Gasteiger partial charge is 0.264 e. The van der Waals surface area contributed by atoms with Crippen LogP contribution in [0, 0.1) is 6.92 Å². The van der Waals surface area contributed by atoms with Crippen LogP contribution >= 0.6 is 11.6 Å². The number of benzene rings is 1. The summed E-state index contributed by atoms with van der Waals surface area (Å²) in [6.07, 6.45) is 1.60.